The Balaban J connectivity index is 1.28. The Morgan fingerprint density at radius 3 is 2.62 bits per heavy atom. The smallest absolute Gasteiger partial charge is 0.390 e. The van der Waals surface area contributed by atoms with Crippen molar-refractivity contribution in [3.8, 4) is 17.1 Å². The van der Waals surface area contributed by atoms with Crippen LogP contribution in [0.25, 0.3) is 11.3 Å². The maximum Gasteiger partial charge on any atom is 0.390 e. The zero-order valence-electron chi connectivity index (χ0n) is 20.7. The van der Waals surface area contributed by atoms with Crippen molar-refractivity contribution in [1.29, 1.82) is 0 Å². The molecule has 12 heteroatoms. The lowest BCUT2D eigenvalue weighted by Gasteiger charge is -2.32. The molecule has 1 saturated carbocycles. The SMILES string of the molecule is NC1(COc2cncc(-c3cc(NCC4CCC(NCCC(F)(F)F)CC4)ncc3Cl)n2)CCOCC1. The molecule has 204 valence electrons. The Hall–Kier alpha value is -2.21. The zero-order chi connectivity index (χ0) is 26.3. The highest BCUT2D eigenvalue weighted by molar-refractivity contribution is 6.33. The molecule has 1 aliphatic carbocycles. The summed E-state index contributed by atoms with van der Waals surface area (Å²) in [6.45, 7) is 2.26. The van der Waals surface area contributed by atoms with E-state index in [0.29, 0.717) is 53.7 Å². The first-order valence-electron chi connectivity index (χ1n) is 12.7. The number of hydrogen-bond acceptors (Lipinski definition) is 8. The van der Waals surface area contributed by atoms with Crippen LogP contribution in [0.4, 0.5) is 19.0 Å². The summed E-state index contributed by atoms with van der Waals surface area (Å²) in [5.41, 5.74) is 7.21. The van der Waals surface area contributed by atoms with Crippen LogP contribution in [0.1, 0.15) is 44.9 Å². The molecule has 1 aliphatic heterocycles. The first kappa shape index (κ1) is 27.8. The number of rotatable bonds is 10. The minimum atomic E-state index is -4.11. The van der Waals surface area contributed by atoms with Crippen molar-refractivity contribution < 1.29 is 22.6 Å². The van der Waals surface area contributed by atoms with Gasteiger partial charge in [0.2, 0.25) is 5.88 Å². The van der Waals surface area contributed by atoms with Gasteiger partial charge < -0.3 is 25.8 Å². The van der Waals surface area contributed by atoms with Gasteiger partial charge in [-0.2, -0.15) is 13.2 Å². The van der Waals surface area contributed by atoms with Crippen LogP contribution in [0.3, 0.4) is 0 Å². The first-order chi connectivity index (χ1) is 17.7. The number of hydrogen-bond donors (Lipinski definition) is 3. The standard InChI is InChI=1S/C25H34ClF3N6O2/c26-20-13-34-22(33-12-17-1-3-18(4-2-17)32-8-5-25(27,28)29)11-19(20)21-14-31-15-23(35-21)37-16-24(30)6-9-36-10-7-24/h11,13-15,17-18,32H,1-10,12,16,30H2,(H,33,34). The molecule has 8 nitrogen and oxygen atoms in total. The summed E-state index contributed by atoms with van der Waals surface area (Å²) in [5, 5.41) is 6.85. The van der Waals surface area contributed by atoms with Crippen LogP contribution in [0, 0.1) is 5.92 Å². The molecule has 0 spiro atoms. The van der Waals surface area contributed by atoms with Crippen molar-refractivity contribution in [2.75, 3.05) is 38.2 Å². The normalized spacial score (nSPS) is 22.0. The molecular formula is C25H34ClF3N6O2. The lowest BCUT2D eigenvalue weighted by atomic mass is 9.86. The molecule has 2 aromatic heterocycles. The van der Waals surface area contributed by atoms with Crippen molar-refractivity contribution in [2.24, 2.45) is 11.7 Å². The highest BCUT2D eigenvalue weighted by Gasteiger charge is 2.29. The van der Waals surface area contributed by atoms with E-state index in [4.69, 9.17) is 26.8 Å². The number of halogens is 4. The van der Waals surface area contributed by atoms with E-state index in [-0.39, 0.29) is 12.6 Å². The van der Waals surface area contributed by atoms with E-state index in [9.17, 15) is 13.2 Å². The second-order valence-corrected chi connectivity index (χ2v) is 10.4. The van der Waals surface area contributed by atoms with Crippen molar-refractivity contribution in [3.63, 3.8) is 0 Å². The lowest BCUT2D eigenvalue weighted by Crippen LogP contribution is -2.49. The van der Waals surface area contributed by atoms with E-state index in [2.05, 4.69) is 25.6 Å². The molecule has 0 unspecified atom stereocenters. The number of aromatic nitrogens is 3. The number of pyridine rings is 1. The van der Waals surface area contributed by atoms with E-state index >= 15 is 0 Å². The van der Waals surface area contributed by atoms with Gasteiger partial charge >= 0.3 is 6.18 Å². The summed E-state index contributed by atoms with van der Waals surface area (Å²) in [6, 6.07) is 1.98. The minimum Gasteiger partial charge on any atom is -0.475 e. The van der Waals surface area contributed by atoms with Gasteiger partial charge in [0.05, 0.1) is 35.1 Å². The molecule has 2 aliphatic rings. The summed E-state index contributed by atoms with van der Waals surface area (Å²) in [7, 11) is 0. The average Bonchev–Trinajstić information content (AvgIpc) is 2.88. The van der Waals surface area contributed by atoms with Crippen LogP contribution in [-0.4, -0.2) is 65.6 Å². The van der Waals surface area contributed by atoms with Gasteiger partial charge in [-0.05, 0) is 50.5 Å². The van der Waals surface area contributed by atoms with Crippen LogP contribution >= 0.6 is 11.6 Å². The number of anilines is 1. The van der Waals surface area contributed by atoms with Crippen molar-refractivity contribution >= 4 is 17.4 Å². The summed E-state index contributed by atoms with van der Waals surface area (Å²) in [4.78, 5) is 13.2. The Kier molecular flexibility index (Phi) is 9.44. The molecule has 4 rings (SSSR count). The Bertz CT molecular complexity index is 1010. The van der Waals surface area contributed by atoms with Gasteiger partial charge in [0.25, 0.3) is 0 Å². The van der Waals surface area contributed by atoms with Crippen molar-refractivity contribution in [1.82, 2.24) is 20.3 Å². The molecule has 37 heavy (non-hydrogen) atoms. The molecule has 0 atom stereocenters. The predicted molar refractivity (Wildman–Crippen MR) is 136 cm³/mol. The maximum absolute atomic E-state index is 12.3. The molecule has 0 radical (unpaired) electrons. The highest BCUT2D eigenvalue weighted by Crippen LogP contribution is 2.30. The molecule has 2 fully saturated rings. The Morgan fingerprint density at radius 1 is 1.14 bits per heavy atom. The predicted octanol–water partition coefficient (Wildman–Crippen LogP) is 4.59. The number of nitrogens with zero attached hydrogens (tertiary/aromatic N) is 3. The molecule has 0 bridgehead atoms. The maximum atomic E-state index is 12.3. The topological polar surface area (TPSA) is 107 Å². The fraction of sp³-hybridized carbons (Fsp3) is 0.640. The van der Waals surface area contributed by atoms with Gasteiger partial charge in [-0.3, -0.25) is 4.98 Å². The van der Waals surface area contributed by atoms with Gasteiger partial charge in [0.1, 0.15) is 12.4 Å². The lowest BCUT2D eigenvalue weighted by molar-refractivity contribution is -0.133. The summed E-state index contributed by atoms with van der Waals surface area (Å²) >= 11 is 6.43. The number of ether oxygens (including phenoxy) is 2. The monoisotopic (exact) mass is 542 g/mol. The Morgan fingerprint density at radius 2 is 1.89 bits per heavy atom. The van der Waals surface area contributed by atoms with Crippen LogP contribution in [0.5, 0.6) is 5.88 Å². The fourth-order valence-electron chi connectivity index (χ4n) is 4.66. The summed E-state index contributed by atoms with van der Waals surface area (Å²) < 4.78 is 48.3. The number of nitrogens with one attached hydrogen (secondary N) is 2. The van der Waals surface area contributed by atoms with E-state index in [1.807, 2.05) is 6.07 Å². The Labute approximate surface area is 219 Å². The summed E-state index contributed by atoms with van der Waals surface area (Å²) in [6.07, 6.45) is 4.90. The fourth-order valence-corrected chi connectivity index (χ4v) is 4.86. The molecule has 1 saturated heterocycles. The number of alkyl halides is 3. The van der Waals surface area contributed by atoms with Crippen molar-refractivity contribution in [2.45, 2.75) is 62.7 Å². The van der Waals surface area contributed by atoms with Crippen LogP contribution in [0.2, 0.25) is 5.02 Å². The van der Waals surface area contributed by atoms with Gasteiger partial charge in [0, 0.05) is 44.1 Å². The minimum absolute atomic E-state index is 0.0221. The van der Waals surface area contributed by atoms with Gasteiger partial charge in [-0.15, -0.1) is 0 Å². The van der Waals surface area contributed by atoms with Gasteiger partial charge in [-0.1, -0.05) is 11.6 Å². The molecule has 2 aromatic rings. The van der Waals surface area contributed by atoms with Crippen LogP contribution in [0.15, 0.2) is 24.7 Å². The third-order valence-electron chi connectivity index (χ3n) is 7.00. The van der Waals surface area contributed by atoms with Gasteiger partial charge in [-0.25, -0.2) is 9.97 Å². The first-order valence-corrected chi connectivity index (χ1v) is 13.1. The van der Waals surface area contributed by atoms with E-state index < -0.39 is 18.1 Å². The third-order valence-corrected chi connectivity index (χ3v) is 7.30. The second kappa shape index (κ2) is 12.6. The van der Waals surface area contributed by atoms with E-state index in [1.165, 1.54) is 0 Å². The largest absolute Gasteiger partial charge is 0.475 e. The second-order valence-electron chi connectivity index (χ2n) is 9.97. The number of nitrogens with two attached hydrogens (primary N) is 1. The van der Waals surface area contributed by atoms with Crippen LogP contribution < -0.4 is 21.1 Å². The van der Waals surface area contributed by atoms with Crippen LogP contribution in [-0.2, 0) is 4.74 Å². The quantitative estimate of drug-likeness (QED) is 0.400. The highest BCUT2D eigenvalue weighted by atomic mass is 35.5. The third kappa shape index (κ3) is 8.66. The molecular weight excluding hydrogens is 509 g/mol. The average molecular weight is 543 g/mol. The van der Waals surface area contributed by atoms with Crippen molar-refractivity contribution in [3.05, 3.63) is 29.7 Å². The van der Waals surface area contributed by atoms with E-state index in [0.717, 1.165) is 45.1 Å². The molecule has 0 amide bonds. The zero-order valence-corrected chi connectivity index (χ0v) is 21.5. The van der Waals surface area contributed by atoms with E-state index in [1.54, 1.807) is 18.6 Å². The summed E-state index contributed by atoms with van der Waals surface area (Å²) in [5.74, 6) is 1.46. The molecule has 4 N–H and O–H groups in total. The molecule has 3 heterocycles. The van der Waals surface area contributed by atoms with Gasteiger partial charge in [0.15, 0.2) is 0 Å². The molecule has 0 aromatic carbocycles.